The van der Waals surface area contributed by atoms with Gasteiger partial charge in [0.05, 0.1) is 0 Å². The quantitative estimate of drug-likeness (QED) is 0.436. The van der Waals surface area contributed by atoms with Crippen LogP contribution in [0.3, 0.4) is 0 Å². The summed E-state index contributed by atoms with van der Waals surface area (Å²) in [5, 5.41) is 22.8. The molecule has 2 amide bonds. The minimum Gasteiger partial charge on any atom is -0.505 e. The Kier molecular flexibility index (Phi) is 5.59. The lowest BCUT2D eigenvalue weighted by Crippen LogP contribution is -2.24. The normalized spacial score (nSPS) is 11.5. The van der Waals surface area contributed by atoms with Crippen LogP contribution in [0, 0.1) is 0 Å². The van der Waals surface area contributed by atoms with Crippen molar-refractivity contribution >= 4 is 22.8 Å². The van der Waals surface area contributed by atoms with Crippen LogP contribution in [-0.2, 0) is 12.0 Å². The summed E-state index contributed by atoms with van der Waals surface area (Å²) in [5.41, 5.74) is 9.12. The molecule has 4 rings (SSSR count). The van der Waals surface area contributed by atoms with E-state index in [0.717, 1.165) is 5.56 Å². The Morgan fingerprint density at radius 1 is 0.970 bits per heavy atom. The molecule has 0 fully saturated rings. The molecular formula is C25H25N5O3. The van der Waals surface area contributed by atoms with Gasteiger partial charge >= 0.3 is 0 Å². The van der Waals surface area contributed by atoms with Gasteiger partial charge < -0.3 is 16.2 Å². The van der Waals surface area contributed by atoms with E-state index in [-0.39, 0.29) is 23.6 Å². The van der Waals surface area contributed by atoms with E-state index in [1.807, 2.05) is 36.4 Å². The number of hydrogen-bond donors (Lipinski definition) is 3. The number of nitrogens with zero attached hydrogens (tertiary/aromatic N) is 3. The number of nitrogens with one attached hydrogen (secondary N) is 1. The molecule has 0 unspecified atom stereocenters. The van der Waals surface area contributed by atoms with Gasteiger partial charge in [-0.15, -0.1) is 15.0 Å². The summed E-state index contributed by atoms with van der Waals surface area (Å²) < 4.78 is 0. The molecule has 168 valence electrons. The number of aromatic nitrogens is 3. The molecule has 33 heavy (non-hydrogen) atoms. The zero-order valence-electron chi connectivity index (χ0n) is 18.7. The second-order valence-electron chi connectivity index (χ2n) is 8.86. The molecule has 0 spiro atoms. The first-order valence-corrected chi connectivity index (χ1v) is 10.5. The van der Waals surface area contributed by atoms with Crippen LogP contribution in [0.15, 0.2) is 60.7 Å². The smallest absolute Gasteiger partial charge is 0.251 e. The Labute approximate surface area is 191 Å². The fourth-order valence-electron chi connectivity index (χ4n) is 3.43. The van der Waals surface area contributed by atoms with E-state index in [0.29, 0.717) is 33.4 Å². The van der Waals surface area contributed by atoms with Crippen LogP contribution >= 0.6 is 0 Å². The minimum absolute atomic E-state index is 0.00678. The highest BCUT2D eigenvalue weighted by atomic mass is 16.3. The zero-order valence-corrected chi connectivity index (χ0v) is 18.7. The number of amides is 2. The van der Waals surface area contributed by atoms with Crippen LogP contribution in [0.4, 0.5) is 0 Å². The molecule has 8 heteroatoms. The van der Waals surface area contributed by atoms with Gasteiger partial charge in [-0.3, -0.25) is 9.59 Å². The second kappa shape index (κ2) is 8.38. The Bertz CT molecular complexity index is 1320. The molecule has 0 aliphatic carbocycles. The number of fused-ring (bicyclic) bond motifs is 1. The Morgan fingerprint density at radius 2 is 1.55 bits per heavy atom. The summed E-state index contributed by atoms with van der Waals surface area (Å²) in [7, 11) is 0. The predicted octanol–water partition coefficient (Wildman–Crippen LogP) is 3.45. The maximum atomic E-state index is 12.6. The van der Waals surface area contributed by atoms with Gasteiger partial charge in [-0.25, -0.2) is 0 Å². The standard InChI is InChI=1S/C25H25N5O3/c1-25(2,3)18-12-17(14-27-24(33)16-10-8-15(9-11-16)23(26)32)22(31)21(13-18)30-28-19-6-4-5-7-20(19)29-30/h4-13,31H,14H2,1-3H3,(H2,26,32)(H,27,33). The number of primary amides is 1. The highest BCUT2D eigenvalue weighted by Gasteiger charge is 2.21. The average molecular weight is 444 g/mol. The molecule has 0 bridgehead atoms. The van der Waals surface area contributed by atoms with Crippen molar-refractivity contribution in [3.05, 3.63) is 82.9 Å². The molecule has 0 atom stereocenters. The number of carbonyl (C=O) groups excluding carboxylic acids is 2. The zero-order chi connectivity index (χ0) is 23.8. The van der Waals surface area contributed by atoms with E-state index >= 15 is 0 Å². The van der Waals surface area contributed by atoms with Crippen molar-refractivity contribution in [3.63, 3.8) is 0 Å². The van der Waals surface area contributed by atoms with Gasteiger partial charge in [-0.05, 0) is 59.5 Å². The van der Waals surface area contributed by atoms with Gasteiger partial charge in [0.2, 0.25) is 5.91 Å². The fourth-order valence-corrected chi connectivity index (χ4v) is 3.43. The largest absolute Gasteiger partial charge is 0.505 e. The molecule has 1 aromatic heterocycles. The molecule has 0 saturated heterocycles. The van der Waals surface area contributed by atoms with Crippen LogP contribution in [0.2, 0.25) is 0 Å². The van der Waals surface area contributed by atoms with Gasteiger partial charge in [0.15, 0.2) is 0 Å². The summed E-state index contributed by atoms with van der Waals surface area (Å²) in [6.45, 7) is 6.30. The average Bonchev–Trinajstić information content (AvgIpc) is 3.21. The van der Waals surface area contributed by atoms with Crippen molar-refractivity contribution in [2.45, 2.75) is 32.7 Å². The first-order valence-electron chi connectivity index (χ1n) is 10.5. The van der Waals surface area contributed by atoms with E-state index in [2.05, 4.69) is 36.3 Å². The van der Waals surface area contributed by atoms with Crippen molar-refractivity contribution in [3.8, 4) is 11.4 Å². The Balaban J connectivity index is 1.66. The lowest BCUT2D eigenvalue weighted by molar-refractivity contribution is 0.0948. The number of rotatable bonds is 5. The van der Waals surface area contributed by atoms with Crippen molar-refractivity contribution in [1.29, 1.82) is 0 Å². The minimum atomic E-state index is -0.557. The SMILES string of the molecule is CC(C)(C)c1cc(CNC(=O)c2ccc(C(N)=O)cc2)c(O)c(-n2nc3ccccc3n2)c1. The fraction of sp³-hybridized carbons (Fsp3) is 0.200. The van der Waals surface area contributed by atoms with Crippen LogP contribution in [0.25, 0.3) is 16.7 Å². The van der Waals surface area contributed by atoms with Gasteiger partial charge in [0.25, 0.3) is 5.91 Å². The van der Waals surface area contributed by atoms with Gasteiger partial charge in [-0.1, -0.05) is 32.9 Å². The van der Waals surface area contributed by atoms with Gasteiger partial charge in [-0.2, -0.15) is 0 Å². The molecule has 0 radical (unpaired) electrons. The maximum absolute atomic E-state index is 12.6. The van der Waals surface area contributed by atoms with Crippen LogP contribution in [0.5, 0.6) is 5.75 Å². The Hall–Kier alpha value is -4.20. The second-order valence-corrected chi connectivity index (χ2v) is 8.86. The highest BCUT2D eigenvalue weighted by Crippen LogP contribution is 2.33. The van der Waals surface area contributed by atoms with E-state index < -0.39 is 5.91 Å². The summed E-state index contributed by atoms with van der Waals surface area (Å²) in [6.07, 6.45) is 0. The Morgan fingerprint density at radius 3 is 2.09 bits per heavy atom. The molecule has 4 aromatic rings. The van der Waals surface area contributed by atoms with Crippen molar-refractivity contribution < 1.29 is 14.7 Å². The highest BCUT2D eigenvalue weighted by molar-refractivity contribution is 5.97. The van der Waals surface area contributed by atoms with E-state index in [1.54, 1.807) is 0 Å². The first kappa shape index (κ1) is 22.0. The molecular weight excluding hydrogens is 418 g/mol. The van der Waals surface area contributed by atoms with Gasteiger partial charge in [0.1, 0.15) is 22.5 Å². The topological polar surface area (TPSA) is 123 Å². The lowest BCUT2D eigenvalue weighted by Gasteiger charge is -2.22. The first-order chi connectivity index (χ1) is 15.6. The van der Waals surface area contributed by atoms with Crippen LogP contribution in [-0.4, -0.2) is 31.9 Å². The number of aromatic hydroxyl groups is 1. The molecule has 8 nitrogen and oxygen atoms in total. The molecule has 4 N–H and O–H groups in total. The summed E-state index contributed by atoms with van der Waals surface area (Å²) in [5.74, 6) is -0.901. The third-order valence-electron chi connectivity index (χ3n) is 5.41. The number of benzene rings is 3. The number of phenolic OH excluding ortho intramolecular Hbond substituents is 1. The number of hydrogen-bond acceptors (Lipinski definition) is 5. The van der Waals surface area contributed by atoms with E-state index in [9.17, 15) is 14.7 Å². The third-order valence-corrected chi connectivity index (χ3v) is 5.41. The van der Waals surface area contributed by atoms with Crippen molar-refractivity contribution in [1.82, 2.24) is 20.3 Å². The van der Waals surface area contributed by atoms with Gasteiger partial charge in [0, 0.05) is 23.2 Å². The number of phenols is 1. The monoisotopic (exact) mass is 443 g/mol. The van der Waals surface area contributed by atoms with Crippen molar-refractivity contribution in [2.24, 2.45) is 5.73 Å². The molecule has 3 aromatic carbocycles. The van der Waals surface area contributed by atoms with Crippen LogP contribution < -0.4 is 11.1 Å². The molecule has 1 heterocycles. The molecule has 0 aliphatic rings. The van der Waals surface area contributed by atoms with E-state index in [1.165, 1.54) is 29.1 Å². The third kappa shape index (κ3) is 4.55. The van der Waals surface area contributed by atoms with E-state index in [4.69, 9.17) is 5.73 Å². The molecule has 0 aliphatic heterocycles. The maximum Gasteiger partial charge on any atom is 0.251 e. The summed E-state index contributed by atoms with van der Waals surface area (Å²) in [6, 6.07) is 17.3. The summed E-state index contributed by atoms with van der Waals surface area (Å²) in [4.78, 5) is 25.3. The number of carbonyl (C=O) groups is 2. The van der Waals surface area contributed by atoms with Crippen molar-refractivity contribution in [2.75, 3.05) is 0 Å². The number of nitrogens with two attached hydrogens (primary N) is 1. The van der Waals surface area contributed by atoms with Crippen LogP contribution in [0.1, 0.15) is 52.6 Å². The predicted molar refractivity (Wildman–Crippen MR) is 125 cm³/mol. The molecule has 0 saturated carbocycles. The lowest BCUT2D eigenvalue weighted by atomic mass is 9.85. The summed E-state index contributed by atoms with van der Waals surface area (Å²) >= 11 is 0.